The molecule has 0 bridgehead atoms. The van der Waals surface area contributed by atoms with Gasteiger partial charge in [0.05, 0.1) is 11.9 Å². The van der Waals surface area contributed by atoms with Crippen LogP contribution in [-0.2, 0) is 6.54 Å². The van der Waals surface area contributed by atoms with Gasteiger partial charge in [-0.25, -0.2) is 4.98 Å². The predicted molar refractivity (Wildman–Crippen MR) is 84.6 cm³/mol. The van der Waals surface area contributed by atoms with Crippen LogP contribution in [0, 0.1) is 6.92 Å². The Morgan fingerprint density at radius 3 is 2.39 bits per heavy atom. The van der Waals surface area contributed by atoms with Gasteiger partial charge < -0.3 is 10.6 Å². The monoisotopic (exact) mass is 310 g/mol. The van der Waals surface area contributed by atoms with Gasteiger partial charge in [0.15, 0.2) is 0 Å². The summed E-state index contributed by atoms with van der Waals surface area (Å²) in [6, 6.07) is 7.26. The number of nitrogens with zero attached hydrogens (tertiary/aromatic N) is 3. The number of hydrogen-bond donors (Lipinski definition) is 1. The highest BCUT2D eigenvalue weighted by atomic mass is 16.2. The zero-order valence-corrected chi connectivity index (χ0v) is 12.9. The van der Waals surface area contributed by atoms with Crippen LogP contribution in [0.4, 0.5) is 0 Å². The minimum atomic E-state index is -0.457. The van der Waals surface area contributed by atoms with E-state index in [-0.39, 0.29) is 11.9 Å². The Balaban J connectivity index is 1.77. The number of hydrogen-bond acceptors (Lipinski definition) is 4. The third kappa shape index (κ3) is 3.53. The van der Waals surface area contributed by atoms with E-state index in [2.05, 4.69) is 9.97 Å². The van der Waals surface area contributed by atoms with Crippen LogP contribution in [-0.4, -0.2) is 32.7 Å². The summed E-state index contributed by atoms with van der Waals surface area (Å²) in [6.45, 7) is 2.32. The normalized spacial score (nSPS) is 13.6. The molecule has 6 nitrogen and oxygen atoms in total. The van der Waals surface area contributed by atoms with Crippen molar-refractivity contribution < 1.29 is 9.59 Å². The molecule has 0 radical (unpaired) electrons. The topological polar surface area (TPSA) is 89.2 Å². The standard InChI is InChI=1S/C17H18N4O2/c1-11-8-20-15(9-19-11)17(23)21(14-6-7-14)10-12-2-4-13(5-3-12)16(18)22/h2-5,8-9,14H,6-7,10H2,1H3,(H2,18,22). The van der Waals surface area contributed by atoms with E-state index in [1.54, 1.807) is 18.3 Å². The molecule has 1 aromatic carbocycles. The first-order valence-corrected chi connectivity index (χ1v) is 7.53. The number of aromatic nitrogens is 2. The van der Waals surface area contributed by atoms with E-state index in [0.29, 0.717) is 17.8 Å². The van der Waals surface area contributed by atoms with Crippen LogP contribution in [0.25, 0.3) is 0 Å². The second kappa shape index (κ2) is 6.16. The summed E-state index contributed by atoms with van der Waals surface area (Å²) in [6.07, 6.45) is 5.12. The molecular formula is C17H18N4O2. The van der Waals surface area contributed by atoms with Gasteiger partial charge in [-0.15, -0.1) is 0 Å². The van der Waals surface area contributed by atoms with E-state index >= 15 is 0 Å². The minimum absolute atomic E-state index is 0.112. The van der Waals surface area contributed by atoms with Crippen molar-refractivity contribution in [2.24, 2.45) is 5.73 Å². The molecular weight excluding hydrogens is 292 g/mol. The van der Waals surface area contributed by atoms with Crippen molar-refractivity contribution in [1.82, 2.24) is 14.9 Å². The summed E-state index contributed by atoms with van der Waals surface area (Å²) < 4.78 is 0. The Bertz CT molecular complexity index is 721. The molecule has 0 spiro atoms. The lowest BCUT2D eigenvalue weighted by molar-refractivity contribution is 0.0723. The summed E-state index contributed by atoms with van der Waals surface area (Å²) in [4.78, 5) is 33.9. The van der Waals surface area contributed by atoms with E-state index in [9.17, 15) is 9.59 Å². The number of primary amides is 1. The van der Waals surface area contributed by atoms with Crippen molar-refractivity contribution >= 4 is 11.8 Å². The molecule has 3 rings (SSSR count). The van der Waals surface area contributed by atoms with E-state index in [1.807, 2.05) is 24.0 Å². The van der Waals surface area contributed by atoms with E-state index in [4.69, 9.17) is 5.73 Å². The van der Waals surface area contributed by atoms with Crippen molar-refractivity contribution in [2.75, 3.05) is 0 Å². The van der Waals surface area contributed by atoms with E-state index in [1.165, 1.54) is 6.20 Å². The highest BCUT2D eigenvalue weighted by Gasteiger charge is 2.33. The molecule has 6 heteroatoms. The number of benzene rings is 1. The molecule has 0 saturated heterocycles. The molecule has 0 atom stereocenters. The van der Waals surface area contributed by atoms with Crippen LogP contribution >= 0.6 is 0 Å². The predicted octanol–water partition coefficient (Wildman–Crippen LogP) is 1.69. The number of carbonyl (C=O) groups is 2. The van der Waals surface area contributed by atoms with Gasteiger partial charge in [0.1, 0.15) is 5.69 Å². The van der Waals surface area contributed by atoms with Crippen LogP contribution in [0.2, 0.25) is 0 Å². The lowest BCUT2D eigenvalue weighted by Crippen LogP contribution is -2.33. The average molecular weight is 310 g/mol. The molecule has 118 valence electrons. The Hall–Kier alpha value is -2.76. The number of aryl methyl sites for hydroxylation is 1. The van der Waals surface area contributed by atoms with Crippen LogP contribution in [0.15, 0.2) is 36.7 Å². The second-order valence-corrected chi connectivity index (χ2v) is 5.77. The number of rotatable bonds is 5. The SMILES string of the molecule is Cc1cnc(C(=O)N(Cc2ccc(C(N)=O)cc2)C2CC2)cn1. The zero-order chi connectivity index (χ0) is 16.4. The number of amides is 2. The Morgan fingerprint density at radius 2 is 1.87 bits per heavy atom. The highest BCUT2D eigenvalue weighted by Crippen LogP contribution is 2.29. The molecule has 1 fully saturated rings. The molecule has 1 heterocycles. The van der Waals surface area contributed by atoms with Gasteiger partial charge in [-0.1, -0.05) is 12.1 Å². The molecule has 0 aliphatic heterocycles. The summed E-state index contributed by atoms with van der Waals surface area (Å²) in [7, 11) is 0. The fourth-order valence-corrected chi connectivity index (χ4v) is 2.37. The second-order valence-electron chi connectivity index (χ2n) is 5.77. The van der Waals surface area contributed by atoms with Gasteiger partial charge in [-0.2, -0.15) is 0 Å². The largest absolute Gasteiger partial charge is 0.366 e. The van der Waals surface area contributed by atoms with Crippen molar-refractivity contribution in [1.29, 1.82) is 0 Å². The molecule has 0 unspecified atom stereocenters. The Labute approximate surface area is 134 Å². The van der Waals surface area contributed by atoms with Crippen LogP contribution in [0.1, 0.15) is 44.9 Å². The van der Waals surface area contributed by atoms with Crippen molar-refractivity contribution in [3.63, 3.8) is 0 Å². The van der Waals surface area contributed by atoms with Crippen LogP contribution < -0.4 is 5.73 Å². The lowest BCUT2D eigenvalue weighted by atomic mass is 10.1. The maximum atomic E-state index is 12.7. The van der Waals surface area contributed by atoms with Crippen LogP contribution in [0.5, 0.6) is 0 Å². The average Bonchev–Trinajstić information content (AvgIpc) is 3.38. The fourth-order valence-electron chi connectivity index (χ4n) is 2.37. The zero-order valence-electron chi connectivity index (χ0n) is 12.9. The maximum Gasteiger partial charge on any atom is 0.274 e. The first-order valence-electron chi connectivity index (χ1n) is 7.53. The quantitative estimate of drug-likeness (QED) is 0.910. The Kier molecular flexibility index (Phi) is 4.06. The third-order valence-corrected chi connectivity index (χ3v) is 3.84. The molecule has 2 N–H and O–H groups in total. The first kappa shape index (κ1) is 15.1. The third-order valence-electron chi connectivity index (χ3n) is 3.84. The van der Waals surface area contributed by atoms with Crippen molar-refractivity contribution in [2.45, 2.75) is 32.4 Å². The summed E-state index contributed by atoms with van der Waals surface area (Å²) in [5.41, 5.74) is 7.79. The molecule has 2 aromatic rings. The van der Waals surface area contributed by atoms with Gasteiger partial charge in [-0.3, -0.25) is 14.6 Å². The molecule has 1 aliphatic rings. The molecule has 1 aromatic heterocycles. The van der Waals surface area contributed by atoms with Gasteiger partial charge in [0, 0.05) is 24.3 Å². The summed E-state index contributed by atoms with van der Waals surface area (Å²) in [5, 5.41) is 0. The molecule has 2 amide bonds. The number of nitrogens with two attached hydrogens (primary N) is 1. The lowest BCUT2D eigenvalue weighted by Gasteiger charge is -2.22. The number of carbonyl (C=O) groups excluding carboxylic acids is 2. The fraction of sp³-hybridized carbons (Fsp3) is 0.294. The molecule has 1 aliphatic carbocycles. The van der Waals surface area contributed by atoms with Crippen molar-refractivity contribution in [3.05, 3.63) is 59.2 Å². The van der Waals surface area contributed by atoms with Gasteiger partial charge >= 0.3 is 0 Å². The molecule has 1 saturated carbocycles. The van der Waals surface area contributed by atoms with Gasteiger partial charge in [0.25, 0.3) is 5.91 Å². The smallest absolute Gasteiger partial charge is 0.274 e. The van der Waals surface area contributed by atoms with E-state index < -0.39 is 5.91 Å². The molecule has 23 heavy (non-hydrogen) atoms. The first-order chi connectivity index (χ1) is 11.0. The van der Waals surface area contributed by atoms with E-state index in [0.717, 1.165) is 24.1 Å². The van der Waals surface area contributed by atoms with Gasteiger partial charge in [0.2, 0.25) is 5.91 Å². The van der Waals surface area contributed by atoms with Crippen molar-refractivity contribution in [3.8, 4) is 0 Å². The summed E-state index contributed by atoms with van der Waals surface area (Å²) >= 11 is 0. The highest BCUT2D eigenvalue weighted by molar-refractivity contribution is 5.93. The minimum Gasteiger partial charge on any atom is -0.366 e. The van der Waals surface area contributed by atoms with Crippen LogP contribution in [0.3, 0.4) is 0 Å². The maximum absolute atomic E-state index is 12.7. The summed E-state index contributed by atoms with van der Waals surface area (Å²) in [5.74, 6) is -0.569. The Morgan fingerprint density at radius 1 is 1.17 bits per heavy atom. The van der Waals surface area contributed by atoms with Gasteiger partial charge in [-0.05, 0) is 37.5 Å².